The second kappa shape index (κ2) is 8.83. The number of nitrogens with one attached hydrogen (secondary N) is 2. The molecule has 2 aromatic carbocycles. The number of benzene rings is 2. The van der Waals surface area contributed by atoms with E-state index in [1.165, 1.54) is 29.4 Å². The van der Waals surface area contributed by atoms with E-state index >= 15 is 0 Å². The predicted octanol–water partition coefficient (Wildman–Crippen LogP) is 1.51. The Kier molecular flexibility index (Phi) is 6.09. The molecule has 2 aliphatic rings. The van der Waals surface area contributed by atoms with Gasteiger partial charge in [0.15, 0.2) is 6.10 Å². The molecule has 3 amide bonds. The predicted molar refractivity (Wildman–Crippen MR) is 121 cm³/mol. The van der Waals surface area contributed by atoms with E-state index in [1.54, 1.807) is 36.1 Å². The van der Waals surface area contributed by atoms with E-state index in [1.807, 2.05) is 0 Å². The second-order valence-corrected chi connectivity index (χ2v) is 9.80. The minimum absolute atomic E-state index is 0.0440. The van der Waals surface area contributed by atoms with Crippen molar-refractivity contribution in [1.29, 1.82) is 0 Å². The molecule has 0 aliphatic carbocycles. The number of piperazine rings is 1. The number of rotatable bonds is 4. The highest BCUT2D eigenvalue weighted by Gasteiger charge is 2.32. The van der Waals surface area contributed by atoms with Crippen LogP contribution < -0.4 is 15.4 Å². The van der Waals surface area contributed by atoms with E-state index in [0.29, 0.717) is 22.7 Å². The Morgan fingerprint density at radius 2 is 1.82 bits per heavy atom. The van der Waals surface area contributed by atoms with Gasteiger partial charge in [-0.1, -0.05) is 6.07 Å². The van der Waals surface area contributed by atoms with E-state index in [-0.39, 0.29) is 48.8 Å². The fourth-order valence-corrected chi connectivity index (χ4v) is 5.19. The van der Waals surface area contributed by atoms with Gasteiger partial charge in [0.2, 0.25) is 15.9 Å². The van der Waals surface area contributed by atoms with Gasteiger partial charge in [0, 0.05) is 44.4 Å². The van der Waals surface area contributed by atoms with Gasteiger partial charge in [-0.3, -0.25) is 14.4 Å². The molecule has 2 N–H and O–H groups in total. The number of carbonyl (C=O) groups excluding carboxylic acids is 3. The largest absolute Gasteiger partial charge is 0.479 e. The standard InChI is InChI=1S/C22H24N4O6S/c1-14-21(28)24-19-13-18(6-7-20(19)32-14)33(30,31)26-10-8-25(9-11-26)22(29)16-4-3-5-17(12-16)23-15(2)27/h3-7,12-14H,8-11H2,1-2H3,(H,23,27)(H,24,28). The van der Waals surface area contributed by atoms with Gasteiger partial charge in [-0.05, 0) is 43.3 Å². The topological polar surface area (TPSA) is 125 Å². The van der Waals surface area contributed by atoms with Crippen molar-refractivity contribution in [2.75, 3.05) is 36.8 Å². The molecule has 174 valence electrons. The van der Waals surface area contributed by atoms with Crippen molar-refractivity contribution in [3.05, 3.63) is 48.0 Å². The summed E-state index contributed by atoms with van der Waals surface area (Å²) in [6.07, 6.45) is -0.649. The zero-order chi connectivity index (χ0) is 23.8. The molecule has 0 saturated carbocycles. The highest BCUT2D eigenvalue weighted by Crippen LogP contribution is 2.33. The van der Waals surface area contributed by atoms with Gasteiger partial charge in [-0.15, -0.1) is 0 Å². The summed E-state index contributed by atoms with van der Waals surface area (Å²) in [6.45, 7) is 3.72. The molecule has 0 aromatic heterocycles. The van der Waals surface area contributed by atoms with Crippen LogP contribution in [-0.2, 0) is 19.6 Å². The molecule has 0 spiro atoms. The molecule has 0 radical (unpaired) electrons. The number of ether oxygens (including phenoxy) is 1. The van der Waals surface area contributed by atoms with Crippen LogP contribution in [0.25, 0.3) is 0 Å². The third-order valence-electron chi connectivity index (χ3n) is 5.48. The van der Waals surface area contributed by atoms with Crippen LogP contribution in [-0.4, -0.2) is 67.6 Å². The molecule has 1 fully saturated rings. The van der Waals surface area contributed by atoms with Crippen LogP contribution in [0.15, 0.2) is 47.4 Å². The molecule has 0 bridgehead atoms. The van der Waals surface area contributed by atoms with Gasteiger partial charge in [0.05, 0.1) is 10.6 Å². The lowest BCUT2D eigenvalue weighted by Crippen LogP contribution is -2.50. The molecule has 2 aliphatic heterocycles. The summed E-state index contributed by atoms with van der Waals surface area (Å²) in [5, 5.41) is 5.30. The van der Waals surface area contributed by atoms with Crippen LogP contribution in [0.5, 0.6) is 5.75 Å². The van der Waals surface area contributed by atoms with Gasteiger partial charge in [0.25, 0.3) is 11.8 Å². The Hall–Kier alpha value is -3.44. The van der Waals surface area contributed by atoms with E-state index in [0.717, 1.165) is 0 Å². The van der Waals surface area contributed by atoms with Crippen LogP contribution in [0, 0.1) is 0 Å². The lowest BCUT2D eigenvalue weighted by Gasteiger charge is -2.34. The average molecular weight is 473 g/mol. The number of hydrogen-bond donors (Lipinski definition) is 2. The lowest BCUT2D eigenvalue weighted by atomic mass is 10.1. The normalized spacial score (nSPS) is 18.7. The monoisotopic (exact) mass is 472 g/mol. The molecule has 33 heavy (non-hydrogen) atoms. The fraction of sp³-hybridized carbons (Fsp3) is 0.318. The lowest BCUT2D eigenvalue weighted by molar-refractivity contribution is -0.122. The Balaban J connectivity index is 1.44. The van der Waals surface area contributed by atoms with Crippen molar-refractivity contribution in [3.63, 3.8) is 0 Å². The number of amides is 3. The van der Waals surface area contributed by atoms with E-state index in [9.17, 15) is 22.8 Å². The minimum Gasteiger partial charge on any atom is -0.479 e. The number of fused-ring (bicyclic) bond motifs is 1. The summed E-state index contributed by atoms with van der Waals surface area (Å²) in [5.74, 6) is -0.395. The highest BCUT2D eigenvalue weighted by molar-refractivity contribution is 7.89. The summed E-state index contributed by atoms with van der Waals surface area (Å²) in [5.41, 5.74) is 1.25. The number of anilines is 2. The van der Waals surface area contributed by atoms with Crippen molar-refractivity contribution in [1.82, 2.24) is 9.21 Å². The van der Waals surface area contributed by atoms with Gasteiger partial charge in [-0.25, -0.2) is 8.42 Å². The Bertz CT molecular complexity index is 1220. The third kappa shape index (κ3) is 4.69. The summed E-state index contributed by atoms with van der Waals surface area (Å²) >= 11 is 0. The SMILES string of the molecule is CC(=O)Nc1cccc(C(=O)N2CCN(S(=O)(=O)c3ccc4c(c3)NC(=O)C(C)O4)CC2)c1. The smallest absolute Gasteiger partial charge is 0.265 e. The molecule has 1 unspecified atom stereocenters. The van der Waals surface area contributed by atoms with Gasteiger partial charge in [-0.2, -0.15) is 4.31 Å². The Morgan fingerprint density at radius 3 is 2.52 bits per heavy atom. The van der Waals surface area contributed by atoms with Gasteiger partial charge in [0.1, 0.15) is 5.75 Å². The number of carbonyl (C=O) groups is 3. The van der Waals surface area contributed by atoms with Crippen LogP contribution in [0.1, 0.15) is 24.2 Å². The van der Waals surface area contributed by atoms with Gasteiger partial charge >= 0.3 is 0 Å². The summed E-state index contributed by atoms with van der Waals surface area (Å²) in [4.78, 5) is 37.6. The maximum absolute atomic E-state index is 13.1. The maximum Gasteiger partial charge on any atom is 0.265 e. The molecule has 1 atom stereocenters. The van der Waals surface area contributed by atoms with Crippen molar-refractivity contribution in [2.24, 2.45) is 0 Å². The first-order chi connectivity index (χ1) is 15.6. The minimum atomic E-state index is -3.82. The zero-order valence-electron chi connectivity index (χ0n) is 18.2. The van der Waals surface area contributed by atoms with Crippen LogP contribution in [0.4, 0.5) is 11.4 Å². The number of sulfonamides is 1. The van der Waals surface area contributed by atoms with Crippen molar-refractivity contribution >= 4 is 39.1 Å². The summed E-state index contributed by atoms with van der Waals surface area (Å²) in [6, 6.07) is 11.0. The number of nitrogens with zero attached hydrogens (tertiary/aromatic N) is 2. The average Bonchev–Trinajstić information content (AvgIpc) is 2.79. The van der Waals surface area contributed by atoms with Crippen LogP contribution in [0.3, 0.4) is 0 Å². The molecular formula is C22H24N4O6S. The maximum atomic E-state index is 13.1. The fourth-order valence-electron chi connectivity index (χ4n) is 3.74. The summed E-state index contributed by atoms with van der Waals surface area (Å²) in [7, 11) is -3.82. The molecule has 11 heteroatoms. The molecule has 2 aromatic rings. The molecule has 2 heterocycles. The van der Waals surface area contributed by atoms with E-state index < -0.39 is 16.1 Å². The third-order valence-corrected chi connectivity index (χ3v) is 7.37. The first-order valence-electron chi connectivity index (χ1n) is 10.4. The molecule has 4 rings (SSSR count). The highest BCUT2D eigenvalue weighted by atomic mass is 32.2. The second-order valence-electron chi connectivity index (χ2n) is 7.87. The zero-order valence-corrected chi connectivity index (χ0v) is 19.0. The molecule has 10 nitrogen and oxygen atoms in total. The first-order valence-corrected chi connectivity index (χ1v) is 11.9. The quantitative estimate of drug-likeness (QED) is 0.695. The van der Waals surface area contributed by atoms with E-state index in [4.69, 9.17) is 4.74 Å². The van der Waals surface area contributed by atoms with Crippen LogP contribution in [0.2, 0.25) is 0 Å². The van der Waals surface area contributed by atoms with Crippen molar-refractivity contribution < 1.29 is 27.5 Å². The van der Waals surface area contributed by atoms with Gasteiger partial charge < -0.3 is 20.3 Å². The van der Waals surface area contributed by atoms with E-state index in [2.05, 4.69) is 10.6 Å². The Labute approximate surface area is 191 Å². The molecular weight excluding hydrogens is 448 g/mol. The van der Waals surface area contributed by atoms with Crippen LogP contribution >= 0.6 is 0 Å². The van der Waals surface area contributed by atoms with Crippen molar-refractivity contribution in [3.8, 4) is 5.75 Å². The molecule has 1 saturated heterocycles. The Morgan fingerprint density at radius 1 is 1.09 bits per heavy atom. The van der Waals surface area contributed by atoms with Crippen molar-refractivity contribution in [2.45, 2.75) is 24.8 Å². The summed E-state index contributed by atoms with van der Waals surface area (Å²) < 4.78 is 33.1. The number of hydrogen-bond acceptors (Lipinski definition) is 6. The first kappa shape index (κ1) is 22.7.